The van der Waals surface area contributed by atoms with Gasteiger partial charge in [0.05, 0.1) is 0 Å². The van der Waals surface area contributed by atoms with Crippen molar-refractivity contribution in [2.45, 2.75) is 60.4 Å². The average Bonchev–Trinajstić information content (AvgIpc) is 2.91. The van der Waals surface area contributed by atoms with Crippen LogP contribution in [-0.2, 0) is 6.42 Å². The first-order valence-electron chi connectivity index (χ1n) is 8.06. The average molecular weight is 276 g/mol. The van der Waals surface area contributed by atoms with Gasteiger partial charge in [0.25, 0.3) is 0 Å². The number of fused-ring (bicyclic) bond motifs is 1. The smallest absolute Gasteiger partial charge is 0.0456 e. The van der Waals surface area contributed by atoms with Gasteiger partial charge in [0.1, 0.15) is 0 Å². The minimum atomic E-state index is 0.586. The predicted octanol–water partition coefficient (Wildman–Crippen LogP) is 5.15. The lowest BCUT2D eigenvalue weighted by molar-refractivity contribution is 0.571. The van der Waals surface area contributed by atoms with Crippen molar-refractivity contribution in [3.05, 3.63) is 36.0 Å². The van der Waals surface area contributed by atoms with E-state index in [1.807, 2.05) is 27.7 Å². The number of H-pyrrole nitrogens is 1. The molecule has 1 heterocycles. The Bertz CT molecular complexity index is 443. The van der Waals surface area contributed by atoms with E-state index < -0.39 is 0 Å². The van der Waals surface area contributed by atoms with Crippen LogP contribution in [0.5, 0.6) is 0 Å². The fourth-order valence-corrected chi connectivity index (χ4v) is 2.01. The molecule has 0 amide bonds. The second-order valence-electron chi connectivity index (χ2n) is 4.57. The fourth-order valence-electron chi connectivity index (χ4n) is 2.01. The van der Waals surface area contributed by atoms with Crippen LogP contribution in [0.25, 0.3) is 10.9 Å². The van der Waals surface area contributed by atoms with Crippen molar-refractivity contribution in [2.75, 3.05) is 6.54 Å². The SMILES string of the molecule is CC.CC.CC(C)NCCCc1c[nH]c2ccccc12. The molecule has 0 fully saturated rings. The Morgan fingerprint density at radius 1 is 1.05 bits per heavy atom. The highest BCUT2D eigenvalue weighted by molar-refractivity contribution is 5.82. The van der Waals surface area contributed by atoms with Crippen molar-refractivity contribution in [1.29, 1.82) is 0 Å². The van der Waals surface area contributed by atoms with Crippen LogP contribution in [0.15, 0.2) is 30.5 Å². The molecule has 0 atom stereocenters. The molecule has 0 radical (unpaired) electrons. The zero-order valence-electron chi connectivity index (χ0n) is 14.1. The summed E-state index contributed by atoms with van der Waals surface area (Å²) in [5, 5.41) is 4.81. The van der Waals surface area contributed by atoms with E-state index in [9.17, 15) is 0 Å². The Kier molecular flexibility index (Phi) is 10.8. The van der Waals surface area contributed by atoms with Crippen LogP contribution in [0.4, 0.5) is 0 Å². The third-order valence-electron chi connectivity index (χ3n) is 2.85. The van der Waals surface area contributed by atoms with Crippen LogP contribution < -0.4 is 5.32 Å². The number of rotatable bonds is 5. The van der Waals surface area contributed by atoms with Gasteiger partial charge in [-0.15, -0.1) is 0 Å². The van der Waals surface area contributed by atoms with E-state index in [1.54, 1.807) is 0 Å². The Hall–Kier alpha value is -1.28. The summed E-state index contributed by atoms with van der Waals surface area (Å²) in [6.07, 6.45) is 4.48. The fraction of sp³-hybridized carbons (Fsp3) is 0.556. The Morgan fingerprint density at radius 3 is 2.35 bits per heavy atom. The molecular weight excluding hydrogens is 244 g/mol. The molecule has 0 saturated carbocycles. The summed E-state index contributed by atoms with van der Waals surface area (Å²) in [6, 6.07) is 9.08. The van der Waals surface area contributed by atoms with Crippen LogP contribution in [-0.4, -0.2) is 17.6 Å². The minimum absolute atomic E-state index is 0.586. The molecule has 1 aromatic heterocycles. The number of hydrogen-bond acceptors (Lipinski definition) is 1. The van der Waals surface area contributed by atoms with Crippen molar-refractivity contribution in [1.82, 2.24) is 10.3 Å². The maximum Gasteiger partial charge on any atom is 0.0456 e. The van der Waals surface area contributed by atoms with Crippen molar-refractivity contribution >= 4 is 10.9 Å². The van der Waals surface area contributed by atoms with Crippen molar-refractivity contribution < 1.29 is 0 Å². The summed E-state index contributed by atoms with van der Waals surface area (Å²) in [5.74, 6) is 0. The van der Waals surface area contributed by atoms with Gasteiger partial charge < -0.3 is 10.3 Å². The molecule has 2 heteroatoms. The third kappa shape index (κ3) is 6.25. The molecule has 0 spiro atoms. The Morgan fingerprint density at radius 2 is 1.70 bits per heavy atom. The molecule has 20 heavy (non-hydrogen) atoms. The number of aryl methyl sites for hydroxylation is 1. The van der Waals surface area contributed by atoms with Gasteiger partial charge in [-0.2, -0.15) is 0 Å². The molecule has 114 valence electrons. The second kappa shape index (κ2) is 11.5. The van der Waals surface area contributed by atoms with Gasteiger partial charge in [0, 0.05) is 23.1 Å². The van der Waals surface area contributed by atoms with Crippen LogP contribution in [0.2, 0.25) is 0 Å². The normalized spacial score (nSPS) is 9.75. The summed E-state index contributed by atoms with van der Waals surface area (Å²) in [5.41, 5.74) is 2.68. The van der Waals surface area contributed by atoms with Crippen LogP contribution in [0, 0.1) is 0 Å². The van der Waals surface area contributed by atoms with E-state index in [1.165, 1.54) is 22.9 Å². The minimum Gasteiger partial charge on any atom is -0.361 e. The lowest BCUT2D eigenvalue weighted by Crippen LogP contribution is -2.23. The molecule has 0 bridgehead atoms. The molecule has 2 N–H and O–H groups in total. The zero-order chi connectivity index (χ0) is 15.4. The monoisotopic (exact) mass is 276 g/mol. The van der Waals surface area contributed by atoms with Crippen LogP contribution >= 0.6 is 0 Å². The number of benzene rings is 1. The summed E-state index contributed by atoms with van der Waals surface area (Å²) >= 11 is 0. The predicted molar refractivity (Wildman–Crippen MR) is 92.5 cm³/mol. The number of aromatic nitrogens is 1. The first-order valence-corrected chi connectivity index (χ1v) is 8.06. The largest absolute Gasteiger partial charge is 0.361 e. The Balaban J connectivity index is 0.000000829. The maximum atomic E-state index is 3.45. The molecule has 0 saturated heterocycles. The van der Waals surface area contributed by atoms with E-state index in [0.29, 0.717) is 6.04 Å². The van der Waals surface area contributed by atoms with Crippen molar-refractivity contribution in [3.8, 4) is 0 Å². The number of nitrogens with one attached hydrogen (secondary N) is 2. The molecule has 0 aliphatic carbocycles. The second-order valence-corrected chi connectivity index (χ2v) is 4.57. The van der Waals surface area contributed by atoms with E-state index in [-0.39, 0.29) is 0 Å². The van der Waals surface area contributed by atoms with Crippen LogP contribution in [0.1, 0.15) is 53.5 Å². The highest BCUT2D eigenvalue weighted by atomic mass is 14.9. The number of hydrogen-bond donors (Lipinski definition) is 2. The Labute approximate surface area is 125 Å². The highest BCUT2D eigenvalue weighted by Gasteiger charge is 2.02. The van der Waals surface area contributed by atoms with Gasteiger partial charge in [-0.05, 0) is 31.0 Å². The molecule has 2 aromatic rings. The number of aromatic amines is 1. The third-order valence-corrected chi connectivity index (χ3v) is 2.85. The zero-order valence-corrected chi connectivity index (χ0v) is 14.1. The lowest BCUT2D eigenvalue weighted by Gasteiger charge is -2.06. The molecule has 0 aliphatic heterocycles. The lowest BCUT2D eigenvalue weighted by atomic mass is 10.1. The summed E-state index contributed by atoms with van der Waals surface area (Å²) in [7, 11) is 0. The van der Waals surface area contributed by atoms with E-state index in [2.05, 4.69) is 54.6 Å². The summed E-state index contributed by atoms with van der Waals surface area (Å²) < 4.78 is 0. The highest BCUT2D eigenvalue weighted by Crippen LogP contribution is 2.18. The van der Waals surface area contributed by atoms with Crippen molar-refractivity contribution in [2.24, 2.45) is 0 Å². The summed E-state index contributed by atoms with van der Waals surface area (Å²) in [4.78, 5) is 3.32. The van der Waals surface area contributed by atoms with E-state index >= 15 is 0 Å². The van der Waals surface area contributed by atoms with Crippen molar-refractivity contribution in [3.63, 3.8) is 0 Å². The maximum absolute atomic E-state index is 3.45. The van der Waals surface area contributed by atoms with Gasteiger partial charge in [0.2, 0.25) is 0 Å². The molecular formula is C18H32N2. The molecule has 2 rings (SSSR count). The molecule has 2 nitrogen and oxygen atoms in total. The van der Waals surface area contributed by atoms with Gasteiger partial charge >= 0.3 is 0 Å². The quantitative estimate of drug-likeness (QED) is 0.726. The first-order chi connectivity index (χ1) is 9.77. The van der Waals surface area contributed by atoms with Crippen LogP contribution in [0.3, 0.4) is 0 Å². The van der Waals surface area contributed by atoms with Gasteiger partial charge in [-0.1, -0.05) is 59.7 Å². The number of para-hydroxylation sites is 1. The van der Waals surface area contributed by atoms with E-state index in [0.717, 1.165) is 13.0 Å². The molecule has 1 aromatic carbocycles. The van der Waals surface area contributed by atoms with Gasteiger partial charge in [-0.25, -0.2) is 0 Å². The first kappa shape index (κ1) is 18.7. The molecule has 0 aliphatic rings. The topological polar surface area (TPSA) is 27.8 Å². The van der Waals surface area contributed by atoms with Gasteiger partial charge in [-0.3, -0.25) is 0 Å². The van der Waals surface area contributed by atoms with Gasteiger partial charge in [0.15, 0.2) is 0 Å². The van der Waals surface area contributed by atoms with E-state index in [4.69, 9.17) is 0 Å². The molecule has 0 unspecified atom stereocenters. The summed E-state index contributed by atoms with van der Waals surface area (Å²) in [6.45, 7) is 13.5. The standard InChI is InChI=1S/C14H20N2.2C2H6/c1-11(2)15-9-5-6-12-10-16-14-8-4-3-7-13(12)14;2*1-2/h3-4,7-8,10-11,15-16H,5-6,9H2,1-2H3;2*1-2H3.